The van der Waals surface area contributed by atoms with Crippen LogP contribution in [0, 0.1) is 23.2 Å². The molecule has 0 saturated carbocycles. The van der Waals surface area contributed by atoms with Crippen LogP contribution in [0.3, 0.4) is 0 Å². The number of aliphatic hydroxyl groups is 2. The standard InChI is InChI=1S/C28H45NO6/c1-8-23-29-21(16-34-23)14-19(4)26-18(3)13-11-9-10-12-17(2)25(32)20(5)27(33)28(6,7)22(30)15-24(31)35-26/h14,16-18,20,22,25-26,30,32H,8-13,15H2,1-7H3/b19-14+/t17-,18-,20+,22-,25-,26-/m0/s1. The van der Waals surface area contributed by atoms with Gasteiger partial charge in [-0.3, -0.25) is 9.59 Å². The van der Waals surface area contributed by atoms with Crippen molar-refractivity contribution in [1.29, 1.82) is 0 Å². The minimum atomic E-state index is -1.22. The van der Waals surface area contributed by atoms with E-state index in [9.17, 15) is 19.8 Å². The number of aromatic nitrogens is 1. The quantitative estimate of drug-likeness (QED) is 0.564. The lowest BCUT2D eigenvalue weighted by Crippen LogP contribution is -2.45. The Morgan fingerprint density at radius 2 is 1.74 bits per heavy atom. The minimum absolute atomic E-state index is 0.0226. The van der Waals surface area contributed by atoms with E-state index in [1.807, 2.05) is 26.8 Å². The molecule has 198 valence electrons. The summed E-state index contributed by atoms with van der Waals surface area (Å²) < 4.78 is 11.3. The average molecular weight is 492 g/mol. The first kappa shape index (κ1) is 29.2. The maximum Gasteiger partial charge on any atom is 0.309 e. The van der Waals surface area contributed by atoms with Crippen molar-refractivity contribution < 1.29 is 29.0 Å². The van der Waals surface area contributed by atoms with Gasteiger partial charge in [-0.2, -0.15) is 0 Å². The second kappa shape index (κ2) is 12.8. The number of ether oxygens (including phenoxy) is 1. The van der Waals surface area contributed by atoms with E-state index < -0.39 is 35.6 Å². The number of rotatable bonds is 3. The van der Waals surface area contributed by atoms with Crippen molar-refractivity contribution in [1.82, 2.24) is 4.98 Å². The Morgan fingerprint density at radius 3 is 2.34 bits per heavy atom. The number of hydrogen-bond donors (Lipinski definition) is 2. The molecule has 0 spiro atoms. The van der Waals surface area contributed by atoms with Gasteiger partial charge in [-0.05, 0) is 43.3 Å². The highest BCUT2D eigenvalue weighted by Crippen LogP contribution is 2.33. The Bertz CT molecular complexity index is 873. The van der Waals surface area contributed by atoms with E-state index in [1.165, 1.54) is 0 Å². The smallest absolute Gasteiger partial charge is 0.309 e. The van der Waals surface area contributed by atoms with Gasteiger partial charge in [0.25, 0.3) is 0 Å². The van der Waals surface area contributed by atoms with E-state index in [2.05, 4.69) is 11.9 Å². The van der Waals surface area contributed by atoms with Crippen molar-refractivity contribution in [3.05, 3.63) is 23.4 Å². The second-order valence-electron chi connectivity index (χ2n) is 11.0. The molecule has 35 heavy (non-hydrogen) atoms. The zero-order valence-corrected chi connectivity index (χ0v) is 22.5. The third kappa shape index (κ3) is 7.74. The van der Waals surface area contributed by atoms with Gasteiger partial charge in [0.1, 0.15) is 23.8 Å². The molecule has 1 aromatic heterocycles. The number of cyclic esters (lactones) is 1. The molecule has 2 N–H and O–H groups in total. The molecule has 1 aliphatic heterocycles. The third-order valence-electron chi connectivity index (χ3n) is 7.63. The zero-order chi connectivity index (χ0) is 26.3. The van der Waals surface area contributed by atoms with Crippen LogP contribution in [0.5, 0.6) is 0 Å². The number of Topliss-reactive ketones (excluding diaryl/α,β-unsaturated/α-hetero) is 1. The fraction of sp³-hybridized carbons (Fsp3) is 0.750. The molecular weight excluding hydrogens is 446 g/mol. The molecule has 2 rings (SSSR count). The number of carbonyl (C=O) groups excluding carboxylic acids is 2. The predicted molar refractivity (Wildman–Crippen MR) is 135 cm³/mol. The van der Waals surface area contributed by atoms with Gasteiger partial charge < -0.3 is 19.4 Å². The Hall–Kier alpha value is -1.99. The first-order valence-electron chi connectivity index (χ1n) is 13.1. The summed E-state index contributed by atoms with van der Waals surface area (Å²) >= 11 is 0. The number of nitrogens with zero attached hydrogens (tertiary/aromatic N) is 1. The predicted octanol–water partition coefficient (Wildman–Crippen LogP) is 5.13. The largest absolute Gasteiger partial charge is 0.457 e. The van der Waals surface area contributed by atoms with E-state index in [0.717, 1.165) is 37.7 Å². The summed E-state index contributed by atoms with van der Waals surface area (Å²) in [4.78, 5) is 30.6. The molecule has 7 nitrogen and oxygen atoms in total. The highest BCUT2D eigenvalue weighted by atomic mass is 16.5. The number of aryl methyl sites for hydroxylation is 1. The molecule has 0 aliphatic carbocycles. The summed E-state index contributed by atoms with van der Waals surface area (Å²) in [5.41, 5.74) is 0.348. The molecule has 1 saturated heterocycles. The SMILES string of the molecule is CCc1nc(/C=C(\C)[C@H]2OC(=O)C[C@H](O)C(C)(C)C(=O)[C@H](C)[C@@H](O)[C@@H](C)CCCCC[C@@H]2C)co1. The lowest BCUT2D eigenvalue weighted by Gasteiger charge is -2.35. The summed E-state index contributed by atoms with van der Waals surface area (Å²) in [5.74, 6) is -0.738. The van der Waals surface area contributed by atoms with Crippen LogP contribution < -0.4 is 0 Å². The lowest BCUT2D eigenvalue weighted by molar-refractivity contribution is -0.156. The maximum absolute atomic E-state index is 13.2. The lowest BCUT2D eigenvalue weighted by atomic mass is 9.73. The number of hydrogen-bond acceptors (Lipinski definition) is 7. The molecule has 1 aliphatic rings. The first-order chi connectivity index (χ1) is 16.4. The third-order valence-corrected chi connectivity index (χ3v) is 7.63. The van der Waals surface area contributed by atoms with Gasteiger partial charge in [0.05, 0.1) is 24.0 Å². The first-order valence-corrected chi connectivity index (χ1v) is 13.1. The summed E-state index contributed by atoms with van der Waals surface area (Å²) in [7, 11) is 0. The van der Waals surface area contributed by atoms with Crippen LogP contribution in [0.1, 0.15) is 98.6 Å². The van der Waals surface area contributed by atoms with Crippen LogP contribution in [0.25, 0.3) is 6.08 Å². The van der Waals surface area contributed by atoms with Crippen LogP contribution in [0.15, 0.2) is 16.3 Å². The molecule has 1 aromatic rings. The van der Waals surface area contributed by atoms with Gasteiger partial charge in [0, 0.05) is 12.3 Å². The fourth-order valence-electron chi connectivity index (χ4n) is 4.96. The summed E-state index contributed by atoms with van der Waals surface area (Å²) in [5, 5.41) is 21.6. The van der Waals surface area contributed by atoms with Crippen LogP contribution >= 0.6 is 0 Å². The van der Waals surface area contributed by atoms with Gasteiger partial charge in [-0.15, -0.1) is 0 Å². The Kier molecular flexibility index (Phi) is 10.7. The van der Waals surface area contributed by atoms with E-state index in [0.29, 0.717) is 18.0 Å². The van der Waals surface area contributed by atoms with Crippen molar-refractivity contribution in [3.8, 4) is 0 Å². The van der Waals surface area contributed by atoms with E-state index in [1.54, 1.807) is 27.0 Å². The summed E-state index contributed by atoms with van der Waals surface area (Å²) in [6.07, 6.45) is 6.04. The number of aliphatic hydroxyl groups excluding tert-OH is 2. The van der Waals surface area contributed by atoms with Crippen LogP contribution in [0.2, 0.25) is 0 Å². The second-order valence-corrected chi connectivity index (χ2v) is 11.0. The van der Waals surface area contributed by atoms with Crippen LogP contribution in [-0.4, -0.2) is 45.3 Å². The maximum atomic E-state index is 13.2. The van der Waals surface area contributed by atoms with Crippen molar-refractivity contribution in [2.75, 3.05) is 0 Å². The molecule has 7 heteroatoms. The molecule has 6 atom stereocenters. The Labute approximate surface area is 210 Å². The van der Waals surface area contributed by atoms with Crippen molar-refractivity contribution in [3.63, 3.8) is 0 Å². The number of esters is 1. The normalized spacial score (nSPS) is 32.3. The molecule has 2 heterocycles. The molecule has 0 aromatic carbocycles. The topological polar surface area (TPSA) is 110 Å². The Morgan fingerprint density at radius 1 is 1.11 bits per heavy atom. The minimum Gasteiger partial charge on any atom is -0.457 e. The molecule has 1 fully saturated rings. The average Bonchev–Trinajstić information content (AvgIpc) is 3.27. The van der Waals surface area contributed by atoms with Crippen molar-refractivity contribution in [2.45, 2.75) is 112 Å². The van der Waals surface area contributed by atoms with Gasteiger partial charge >= 0.3 is 5.97 Å². The Balaban J connectivity index is 2.29. The van der Waals surface area contributed by atoms with Crippen LogP contribution in [0.4, 0.5) is 0 Å². The van der Waals surface area contributed by atoms with Crippen LogP contribution in [-0.2, 0) is 20.7 Å². The molecule has 0 bridgehead atoms. The van der Waals surface area contributed by atoms with Crippen molar-refractivity contribution in [2.24, 2.45) is 23.2 Å². The number of carbonyl (C=O) groups is 2. The van der Waals surface area contributed by atoms with Gasteiger partial charge in [-0.25, -0.2) is 4.98 Å². The van der Waals surface area contributed by atoms with Gasteiger partial charge in [0.2, 0.25) is 0 Å². The van der Waals surface area contributed by atoms with E-state index in [4.69, 9.17) is 9.15 Å². The van der Waals surface area contributed by atoms with E-state index in [-0.39, 0.29) is 24.0 Å². The van der Waals surface area contributed by atoms with Gasteiger partial charge in [-0.1, -0.05) is 60.8 Å². The molecule has 0 unspecified atom stereocenters. The molecule has 0 amide bonds. The zero-order valence-electron chi connectivity index (χ0n) is 22.5. The number of oxazole rings is 1. The monoisotopic (exact) mass is 491 g/mol. The highest BCUT2D eigenvalue weighted by molar-refractivity contribution is 5.88. The highest BCUT2D eigenvalue weighted by Gasteiger charge is 2.42. The molecular formula is C28H45NO6. The van der Waals surface area contributed by atoms with Crippen molar-refractivity contribution >= 4 is 17.8 Å². The molecule has 0 radical (unpaired) electrons. The van der Waals surface area contributed by atoms with E-state index >= 15 is 0 Å². The fourth-order valence-corrected chi connectivity index (χ4v) is 4.96. The number of ketones is 1. The summed E-state index contributed by atoms with van der Waals surface area (Å²) in [6.45, 7) is 12.9. The van der Waals surface area contributed by atoms with Gasteiger partial charge in [0.15, 0.2) is 5.89 Å². The summed E-state index contributed by atoms with van der Waals surface area (Å²) in [6, 6.07) is 0.